The number of hydrogen-bond donors (Lipinski definition) is 1. The summed E-state index contributed by atoms with van der Waals surface area (Å²) in [4.78, 5) is 11.3. The maximum absolute atomic E-state index is 11.3. The quantitative estimate of drug-likeness (QED) is 0.571. The van der Waals surface area contributed by atoms with Crippen molar-refractivity contribution in [2.75, 3.05) is 7.11 Å². The maximum Gasteiger partial charge on any atom is 0.358 e. The normalized spacial score (nSPS) is 11.1. The monoisotopic (exact) mass is 384 g/mol. The molecule has 0 saturated carbocycles. The van der Waals surface area contributed by atoms with Crippen molar-refractivity contribution in [1.82, 2.24) is 20.2 Å². The summed E-state index contributed by atoms with van der Waals surface area (Å²) in [5, 5.41) is 22.3. The van der Waals surface area contributed by atoms with Crippen molar-refractivity contribution in [3.8, 4) is 22.8 Å². The van der Waals surface area contributed by atoms with E-state index in [-0.39, 0.29) is 5.69 Å². The summed E-state index contributed by atoms with van der Waals surface area (Å²) < 4.78 is 12.4. The molecule has 0 aliphatic rings. The molecule has 1 N–H and O–H groups in total. The van der Waals surface area contributed by atoms with Gasteiger partial charge in [0.05, 0.1) is 18.2 Å². The summed E-state index contributed by atoms with van der Waals surface area (Å²) in [6, 6.07) is 10.7. The van der Waals surface area contributed by atoms with Crippen molar-refractivity contribution in [1.29, 1.82) is 0 Å². The van der Waals surface area contributed by atoms with Crippen molar-refractivity contribution >= 4 is 28.5 Å². The lowest BCUT2D eigenvalue weighted by Gasteiger charge is -2.09. The molecule has 136 valence electrons. The second-order valence-corrected chi connectivity index (χ2v) is 6.24. The number of benzene rings is 2. The standard InChI is InChI=1S/C18H13ClN4O4/c1-9-16(18(24)25)20-22-23(9)14-7-12-13(8-15(14)26-2)21-27-17(12)10-3-5-11(19)6-4-10/h3-8H,1-2H3,(H,24,25). The van der Waals surface area contributed by atoms with E-state index in [4.69, 9.17) is 20.9 Å². The zero-order valence-electron chi connectivity index (χ0n) is 14.3. The van der Waals surface area contributed by atoms with Crippen LogP contribution in [-0.4, -0.2) is 38.3 Å². The van der Waals surface area contributed by atoms with Gasteiger partial charge in [-0.3, -0.25) is 0 Å². The van der Waals surface area contributed by atoms with E-state index >= 15 is 0 Å². The number of nitrogens with zero attached hydrogens (tertiary/aromatic N) is 4. The topological polar surface area (TPSA) is 103 Å². The second-order valence-electron chi connectivity index (χ2n) is 5.80. The van der Waals surface area contributed by atoms with Crippen LogP contribution >= 0.6 is 11.6 Å². The molecule has 0 aliphatic carbocycles. The number of carboxylic acid groups (broad SMARTS) is 1. The summed E-state index contributed by atoms with van der Waals surface area (Å²) in [5.74, 6) is -0.129. The average molecular weight is 385 g/mol. The Morgan fingerprint density at radius 2 is 2.00 bits per heavy atom. The number of rotatable bonds is 4. The van der Waals surface area contributed by atoms with Crippen LogP contribution in [-0.2, 0) is 0 Å². The molecule has 0 atom stereocenters. The lowest BCUT2D eigenvalue weighted by molar-refractivity contribution is 0.0689. The molecule has 8 nitrogen and oxygen atoms in total. The fourth-order valence-electron chi connectivity index (χ4n) is 2.85. The first-order chi connectivity index (χ1) is 13.0. The van der Waals surface area contributed by atoms with Crippen molar-refractivity contribution in [3.05, 3.63) is 52.8 Å². The fraction of sp³-hybridized carbons (Fsp3) is 0.111. The lowest BCUT2D eigenvalue weighted by Crippen LogP contribution is -2.04. The van der Waals surface area contributed by atoms with Crippen LogP contribution in [0.25, 0.3) is 27.9 Å². The van der Waals surface area contributed by atoms with Gasteiger partial charge >= 0.3 is 5.97 Å². The van der Waals surface area contributed by atoms with Gasteiger partial charge in [-0.15, -0.1) is 5.10 Å². The van der Waals surface area contributed by atoms with Gasteiger partial charge in [-0.25, -0.2) is 9.48 Å². The van der Waals surface area contributed by atoms with Gasteiger partial charge < -0.3 is 14.4 Å². The number of carbonyl (C=O) groups is 1. The number of methoxy groups -OCH3 is 1. The molecule has 0 spiro atoms. The van der Waals surface area contributed by atoms with Crippen molar-refractivity contribution in [3.63, 3.8) is 0 Å². The van der Waals surface area contributed by atoms with Crippen LogP contribution in [0.4, 0.5) is 0 Å². The predicted octanol–water partition coefficient (Wildman–Crippen LogP) is 3.74. The fourth-order valence-corrected chi connectivity index (χ4v) is 2.98. The zero-order valence-corrected chi connectivity index (χ0v) is 15.1. The third kappa shape index (κ3) is 2.80. The molecule has 0 aliphatic heterocycles. The first-order valence-corrected chi connectivity index (χ1v) is 8.26. The smallest absolute Gasteiger partial charge is 0.358 e. The van der Waals surface area contributed by atoms with E-state index in [2.05, 4.69) is 15.5 Å². The Bertz CT molecular complexity index is 1160. The summed E-state index contributed by atoms with van der Waals surface area (Å²) in [6.07, 6.45) is 0. The number of halogens is 1. The van der Waals surface area contributed by atoms with E-state index in [1.165, 1.54) is 11.8 Å². The zero-order chi connectivity index (χ0) is 19.1. The molecule has 4 aromatic rings. The van der Waals surface area contributed by atoms with Crippen LogP contribution in [0.2, 0.25) is 5.02 Å². The molecular formula is C18H13ClN4O4. The minimum atomic E-state index is -1.15. The Balaban J connectivity index is 1.94. The van der Waals surface area contributed by atoms with E-state index in [1.54, 1.807) is 31.2 Å². The number of aromatic carboxylic acids is 1. The largest absolute Gasteiger partial charge is 0.494 e. The highest BCUT2D eigenvalue weighted by molar-refractivity contribution is 6.30. The Kier molecular flexibility index (Phi) is 4.04. The van der Waals surface area contributed by atoms with Gasteiger partial charge in [-0.1, -0.05) is 22.0 Å². The summed E-state index contributed by atoms with van der Waals surface area (Å²) in [5.41, 5.74) is 2.18. The maximum atomic E-state index is 11.3. The van der Waals surface area contributed by atoms with Crippen LogP contribution in [0.5, 0.6) is 5.75 Å². The second kappa shape index (κ2) is 6.40. The molecule has 2 aromatic carbocycles. The van der Waals surface area contributed by atoms with Crippen LogP contribution in [0, 0.1) is 6.92 Å². The van der Waals surface area contributed by atoms with E-state index < -0.39 is 5.97 Å². The Labute approximate surface area is 157 Å². The van der Waals surface area contributed by atoms with E-state index in [1.807, 2.05) is 12.1 Å². The number of hydrogen-bond acceptors (Lipinski definition) is 6. The highest BCUT2D eigenvalue weighted by Gasteiger charge is 2.21. The van der Waals surface area contributed by atoms with Gasteiger partial charge in [-0.2, -0.15) is 0 Å². The van der Waals surface area contributed by atoms with E-state index in [0.29, 0.717) is 33.4 Å². The van der Waals surface area contributed by atoms with Gasteiger partial charge in [0, 0.05) is 16.7 Å². The van der Waals surface area contributed by atoms with Crippen molar-refractivity contribution in [2.45, 2.75) is 6.92 Å². The molecule has 9 heteroatoms. The van der Waals surface area contributed by atoms with Crippen molar-refractivity contribution in [2.24, 2.45) is 0 Å². The summed E-state index contributed by atoms with van der Waals surface area (Å²) >= 11 is 5.95. The van der Waals surface area contributed by atoms with Gasteiger partial charge in [-0.05, 0) is 37.3 Å². The van der Waals surface area contributed by atoms with Gasteiger partial charge in [0.2, 0.25) is 0 Å². The third-order valence-corrected chi connectivity index (χ3v) is 4.46. The lowest BCUT2D eigenvalue weighted by atomic mass is 10.1. The molecule has 0 unspecified atom stereocenters. The number of fused-ring (bicyclic) bond motifs is 1. The van der Waals surface area contributed by atoms with E-state index in [0.717, 1.165) is 10.9 Å². The number of aromatic nitrogens is 4. The first kappa shape index (κ1) is 17.0. The molecule has 0 saturated heterocycles. The Hall–Kier alpha value is -3.39. The molecule has 0 amide bonds. The summed E-state index contributed by atoms with van der Waals surface area (Å²) in [6.45, 7) is 1.63. The minimum Gasteiger partial charge on any atom is -0.494 e. The van der Waals surface area contributed by atoms with Crippen LogP contribution in [0.1, 0.15) is 16.2 Å². The first-order valence-electron chi connectivity index (χ1n) is 7.89. The highest BCUT2D eigenvalue weighted by Crippen LogP contribution is 2.35. The summed E-state index contributed by atoms with van der Waals surface area (Å²) in [7, 11) is 1.51. The molecule has 4 rings (SSSR count). The van der Waals surface area contributed by atoms with Gasteiger partial charge in [0.15, 0.2) is 11.5 Å². The number of ether oxygens (including phenoxy) is 1. The molecule has 2 heterocycles. The predicted molar refractivity (Wildman–Crippen MR) is 97.6 cm³/mol. The molecule has 27 heavy (non-hydrogen) atoms. The third-order valence-electron chi connectivity index (χ3n) is 4.21. The number of carboxylic acids is 1. The van der Waals surface area contributed by atoms with Gasteiger partial charge in [0.1, 0.15) is 17.0 Å². The molecule has 0 radical (unpaired) electrons. The van der Waals surface area contributed by atoms with Crippen LogP contribution in [0.15, 0.2) is 40.9 Å². The molecule has 0 fully saturated rings. The highest BCUT2D eigenvalue weighted by atomic mass is 35.5. The Morgan fingerprint density at radius 3 is 2.63 bits per heavy atom. The minimum absolute atomic E-state index is 0.125. The van der Waals surface area contributed by atoms with Crippen LogP contribution in [0.3, 0.4) is 0 Å². The van der Waals surface area contributed by atoms with Gasteiger partial charge in [0.25, 0.3) is 0 Å². The molecular weight excluding hydrogens is 372 g/mol. The van der Waals surface area contributed by atoms with E-state index in [9.17, 15) is 9.90 Å². The van der Waals surface area contributed by atoms with Crippen LogP contribution < -0.4 is 4.74 Å². The Morgan fingerprint density at radius 1 is 1.26 bits per heavy atom. The SMILES string of the molecule is COc1cc2noc(-c3ccc(Cl)cc3)c2cc1-n1nnc(C(=O)O)c1C. The molecule has 2 aromatic heterocycles. The van der Waals surface area contributed by atoms with Crippen molar-refractivity contribution < 1.29 is 19.2 Å². The average Bonchev–Trinajstić information content (AvgIpc) is 3.24. The molecule has 0 bridgehead atoms.